The summed E-state index contributed by atoms with van der Waals surface area (Å²) in [6, 6.07) is 6.08. The first kappa shape index (κ1) is 17.5. The Bertz CT molecular complexity index is 609. The molecular weight excluding hydrogens is 316 g/mol. The van der Waals surface area contributed by atoms with E-state index in [0.717, 1.165) is 64.5 Å². The van der Waals surface area contributed by atoms with Crippen LogP contribution in [0.1, 0.15) is 25.3 Å². The summed E-state index contributed by atoms with van der Waals surface area (Å²) in [6.45, 7) is 8.51. The third-order valence-electron chi connectivity index (χ3n) is 5.13. The summed E-state index contributed by atoms with van der Waals surface area (Å²) in [5, 5.41) is 12.0. The van der Waals surface area contributed by atoms with E-state index >= 15 is 0 Å². The molecule has 1 aromatic rings. The molecule has 7 heteroatoms. The number of aromatic nitrogens is 1. The maximum Gasteiger partial charge on any atom is 0.317 e. The Morgan fingerprint density at radius 2 is 1.96 bits per heavy atom. The minimum atomic E-state index is 0.0747. The summed E-state index contributed by atoms with van der Waals surface area (Å²) >= 11 is 0. The van der Waals surface area contributed by atoms with Crippen LogP contribution < -0.4 is 10.2 Å². The summed E-state index contributed by atoms with van der Waals surface area (Å²) in [4.78, 5) is 23.3. The number of likely N-dealkylation sites (N-methyl/N-ethyl adjacent to an activating group) is 1. The summed E-state index contributed by atoms with van der Waals surface area (Å²) < 4.78 is 0. The van der Waals surface area contributed by atoms with Gasteiger partial charge >= 0.3 is 6.03 Å². The molecule has 134 valence electrons. The molecule has 2 saturated heterocycles. The van der Waals surface area contributed by atoms with Crippen molar-refractivity contribution in [3.8, 4) is 6.07 Å². The van der Waals surface area contributed by atoms with Crippen LogP contribution in [0.25, 0.3) is 0 Å². The number of carbonyl (C=O) groups is 1. The fourth-order valence-corrected chi connectivity index (χ4v) is 3.43. The lowest BCUT2D eigenvalue weighted by Crippen LogP contribution is -2.54. The molecule has 2 amide bonds. The average molecular weight is 342 g/mol. The van der Waals surface area contributed by atoms with Gasteiger partial charge in [-0.2, -0.15) is 5.26 Å². The third kappa shape index (κ3) is 4.40. The zero-order valence-electron chi connectivity index (χ0n) is 14.8. The first-order valence-electron chi connectivity index (χ1n) is 9.08. The van der Waals surface area contributed by atoms with Gasteiger partial charge in [-0.05, 0) is 31.5 Å². The molecule has 7 nitrogen and oxygen atoms in total. The highest BCUT2D eigenvalue weighted by atomic mass is 16.2. The number of piperazine rings is 1. The van der Waals surface area contributed by atoms with Crippen LogP contribution in [-0.4, -0.2) is 72.7 Å². The smallest absolute Gasteiger partial charge is 0.317 e. The third-order valence-corrected chi connectivity index (χ3v) is 5.13. The van der Waals surface area contributed by atoms with E-state index < -0.39 is 0 Å². The Labute approximate surface area is 149 Å². The maximum atomic E-state index is 12.4. The standard InChI is InChI=1S/C18H26N6O/c1-2-22-9-11-24(12-10-22)18(25)21-16-5-7-23(8-6-16)17-4-3-15(13-19)14-20-17/h3-4,14,16H,2,5-12H2,1H3,(H,21,25). The van der Waals surface area contributed by atoms with Crippen LogP contribution in [0.3, 0.4) is 0 Å². The predicted molar refractivity (Wildman–Crippen MR) is 96.4 cm³/mol. The number of hydrogen-bond donors (Lipinski definition) is 1. The van der Waals surface area contributed by atoms with E-state index in [-0.39, 0.29) is 12.1 Å². The van der Waals surface area contributed by atoms with Crippen molar-refractivity contribution in [2.24, 2.45) is 0 Å². The maximum absolute atomic E-state index is 12.4. The van der Waals surface area contributed by atoms with Crippen LogP contribution in [-0.2, 0) is 0 Å². The van der Waals surface area contributed by atoms with Crippen molar-refractivity contribution in [1.29, 1.82) is 5.26 Å². The fraction of sp³-hybridized carbons (Fsp3) is 0.611. The molecular formula is C18H26N6O. The van der Waals surface area contributed by atoms with Gasteiger partial charge in [0.15, 0.2) is 0 Å². The Morgan fingerprint density at radius 3 is 2.52 bits per heavy atom. The Kier molecular flexibility index (Phi) is 5.71. The molecule has 25 heavy (non-hydrogen) atoms. The van der Waals surface area contributed by atoms with E-state index in [1.54, 1.807) is 12.3 Å². The summed E-state index contributed by atoms with van der Waals surface area (Å²) in [7, 11) is 0. The van der Waals surface area contributed by atoms with Gasteiger partial charge in [0.1, 0.15) is 11.9 Å². The van der Waals surface area contributed by atoms with Gasteiger partial charge in [-0.15, -0.1) is 0 Å². The van der Waals surface area contributed by atoms with Gasteiger partial charge in [0, 0.05) is 51.5 Å². The number of nitrogens with one attached hydrogen (secondary N) is 1. The number of nitrogens with zero attached hydrogens (tertiary/aromatic N) is 5. The molecule has 0 aromatic carbocycles. The number of nitriles is 1. The average Bonchev–Trinajstić information content (AvgIpc) is 2.68. The lowest BCUT2D eigenvalue weighted by molar-refractivity contribution is 0.139. The van der Waals surface area contributed by atoms with Gasteiger partial charge in [0.25, 0.3) is 0 Å². The van der Waals surface area contributed by atoms with E-state index in [1.165, 1.54) is 0 Å². The molecule has 0 bridgehead atoms. The van der Waals surface area contributed by atoms with Crippen LogP contribution in [0.2, 0.25) is 0 Å². The molecule has 0 radical (unpaired) electrons. The zero-order valence-corrected chi connectivity index (χ0v) is 14.8. The molecule has 0 unspecified atom stereocenters. The van der Waals surface area contributed by atoms with Gasteiger partial charge in [0.2, 0.25) is 0 Å². The number of urea groups is 1. The second kappa shape index (κ2) is 8.17. The SMILES string of the molecule is CCN1CCN(C(=O)NC2CCN(c3ccc(C#N)cn3)CC2)CC1. The molecule has 2 fully saturated rings. The van der Waals surface area contributed by atoms with Crippen LogP contribution in [0, 0.1) is 11.3 Å². The highest BCUT2D eigenvalue weighted by Crippen LogP contribution is 2.18. The second-order valence-corrected chi connectivity index (χ2v) is 6.65. The molecule has 1 aromatic heterocycles. The normalized spacial score (nSPS) is 19.5. The van der Waals surface area contributed by atoms with Gasteiger partial charge in [0.05, 0.1) is 5.56 Å². The molecule has 0 saturated carbocycles. The van der Waals surface area contributed by atoms with E-state index in [0.29, 0.717) is 5.56 Å². The predicted octanol–water partition coefficient (Wildman–Crippen LogP) is 1.27. The van der Waals surface area contributed by atoms with Gasteiger partial charge < -0.3 is 20.0 Å². The Morgan fingerprint density at radius 1 is 1.24 bits per heavy atom. The van der Waals surface area contributed by atoms with Gasteiger partial charge in [-0.3, -0.25) is 0 Å². The van der Waals surface area contributed by atoms with Gasteiger partial charge in [-0.1, -0.05) is 6.92 Å². The number of carbonyl (C=O) groups excluding carboxylic acids is 1. The molecule has 0 atom stereocenters. The van der Waals surface area contributed by atoms with E-state index in [9.17, 15) is 4.79 Å². The number of hydrogen-bond acceptors (Lipinski definition) is 5. The molecule has 0 spiro atoms. The minimum absolute atomic E-state index is 0.0747. The largest absolute Gasteiger partial charge is 0.356 e. The number of anilines is 1. The number of amides is 2. The van der Waals surface area contributed by atoms with Gasteiger partial charge in [-0.25, -0.2) is 9.78 Å². The monoisotopic (exact) mass is 342 g/mol. The lowest BCUT2D eigenvalue weighted by atomic mass is 10.1. The van der Waals surface area contributed by atoms with Crippen molar-refractivity contribution in [2.75, 3.05) is 50.7 Å². The summed E-state index contributed by atoms with van der Waals surface area (Å²) in [5.41, 5.74) is 0.578. The van der Waals surface area contributed by atoms with E-state index in [1.807, 2.05) is 11.0 Å². The van der Waals surface area contributed by atoms with E-state index in [2.05, 4.69) is 33.1 Å². The van der Waals surface area contributed by atoms with Crippen LogP contribution in [0.4, 0.5) is 10.6 Å². The van der Waals surface area contributed by atoms with Crippen LogP contribution >= 0.6 is 0 Å². The molecule has 1 N–H and O–H groups in total. The first-order valence-corrected chi connectivity index (χ1v) is 9.08. The highest BCUT2D eigenvalue weighted by molar-refractivity contribution is 5.74. The van der Waals surface area contributed by atoms with Crippen molar-refractivity contribution in [3.05, 3.63) is 23.9 Å². The molecule has 2 aliphatic rings. The number of rotatable bonds is 3. The van der Waals surface area contributed by atoms with Crippen molar-refractivity contribution in [3.63, 3.8) is 0 Å². The summed E-state index contributed by atoms with van der Waals surface area (Å²) in [6.07, 6.45) is 3.45. The second-order valence-electron chi connectivity index (χ2n) is 6.65. The van der Waals surface area contributed by atoms with Crippen molar-refractivity contribution in [1.82, 2.24) is 20.1 Å². The molecule has 3 rings (SSSR count). The fourth-order valence-electron chi connectivity index (χ4n) is 3.43. The minimum Gasteiger partial charge on any atom is -0.356 e. The Balaban J connectivity index is 1.44. The lowest BCUT2D eigenvalue weighted by Gasteiger charge is -2.37. The summed E-state index contributed by atoms with van der Waals surface area (Å²) in [5.74, 6) is 0.902. The first-order chi connectivity index (χ1) is 12.2. The van der Waals surface area contributed by atoms with Crippen molar-refractivity contribution in [2.45, 2.75) is 25.8 Å². The zero-order chi connectivity index (χ0) is 17.6. The van der Waals surface area contributed by atoms with Crippen LogP contribution in [0.15, 0.2) is 18.3 Å². The van der Waals surface area contributed by atoms with E-state index in [4.69, 9.17) is 5.26 Å². The van der Waals surface area contributed by atoms with Crippen molar-refractivity contribution >= 4 is 11.8 Å². The van der Waals surface area contributed by atoms with Crippen LogP contribution in [0.5, 0.6) is 0 Å². The quantitative estimate of drug-likeness (QED) is 0.895. The number of pyridine rings is 1. The Hall–Kier alpha value is -2.33. The molecule has 3 heterocycles. The molecule has 2 aliphatic heterocycles. The topological polar surface area (TPSA) is 75.5 Å². The number of piperidine rings is 1. The van der Waals surface area contributed by atoms with Crippen molar-refractivity contribution < 1.29 is 4.79 Å². The molecule has 0 aliphatic carbocycles. The highest BCUT2D eigenvalue weighted by Gasteiger charge is 2.25.